The summed E-state index contributed by atoms with van der Waals surface area (Å²) in [5, 5.41) is 0. The molecule has 1 saturated heterocycles. The summed E-state index contributed by atoms with van der Waals surface area (Å²) in [6.07, 6.45) is 17.2. The molecule has 2 nitrogen and oxygen atoms in total. The van der Waals surface area contributed by atoms with Gasteiger partial charge in [-0.25, -0.2) is 0 Å². The third kappa shape index (κ3) is 10.6. The van der Waals surface area contributed by atoms with Gasteiger partial charge in [-0.05, 0) is 18.9 Å². The van der Waals surface area contributed by atoms with E-state index in [0.717, 1.165) is 32.2 Å². The van der Waals surface area contributed by atoms with Crippen LogP contribution in [0.4, 0.5) is 0 Å². The lowest BCUT2D eigenvalue weighted by atomic mass is 9.91. The largest absolute Gasteiger partial charge is 0.379 e. The average molecular weight is 312 g/mol. The van der Waals surface area contributed by atoms with Gasteiger partial charge in [0.25, 0.3) is 0 Å². The van der Waals surface area contributed by atoms with Crippen LogP contribution in [0.25, 0.3) is 0 Å². The first-order valence-electron chi connectivity index (χ1n) is 10.2. The molecule has 0 amide bonds. The molecular formula is C20H41NO. The van der Waals surface area contributed by atoms with Gasteiger partial charge in [0.15, 0.2) is 0 Å². The average Bonchev–Trinajstić information content (AvgIpc) is 2.56. The fraction of sp³-hybridized carbons (Fsp3) is 1.00. The van der Waals surface area contributed by atoms with Gasteiger partial charge in [0.05, 0.1) is 13.2 Å². The van der Waals surface area contributed by atoms with Crippen molar-refractivity contribution in [2.75, 3.05) is 32.8 Å². The number of ether oxygens (including phenoxy) is 1. The molecular weight excluding hydrogens is 270 g/mol. The first-order chi connectivity index (χ1) is 10.9. The number of nitrogens with zero attached hydrogens (tertiary/aromatic N) is 1. The van der Waals surface area contributed by atoms with E-state index in [1.54, 1.807) is 0 Å². The third-order valence-electron chi connectivity index (χ3n) is 5.14. The van der Waals surface area contributed by atoms with Crippen molar-refractivity contribution in [2.45, 2.75) is 90.9 Å². The van der Waals surface area contributed by atoms with Gasteiger partial charge in [-0.2, -0.15) is 0 Å². The minimum absolute atomic E-state index is 0.942. The highest BCUT2D eigenvalue weighted by molar-refractivity contribution is 4.67. The van der Waals surface area contributed by atoms with Crippen LogP contribution < -0.4 is 0 Å². The van der Waals surface area contributed by atoms with Gasteiger partial charge in [-0.1, -0.05) is 84.5 Å². The number of hydrogen-bond donors (Lipinski definition) is 0. The highest BCUT2D eigenvalue weighted by Crippen LogP contribution is 2.22. The molecule has 1 unspecified atom stereocenters. The molecule has 0 aromatic rings. The molecule has 1 rings (SSSR count). The Balaban J connectivity index is 2.13. The smallest absolute Gasteiger partial charge is 0.0594 e. The molecule has 1 aliphatic rings. The molecule has 0 aromatic heterocycles. The van der Waals surface area contributed by atoms with Gasteiger partial charge in [-0.15, -0.1) is 0 Å². The van der Waals surface area contributed by atoms with Crippen molar-refractivity contribution in [1.82, 2.24) is 4.90 Å². The summed E-state index contributed by atoms with van der Waals surface area (Å²) in [6.45, 7) is 10.1. The zero-order valence-corrected chi connectivity index (χ0v) is 15.5. The molecule has 22 heavy (non-hydrogen) atoms. The van der Waals surface area contributed by atoms with Crippen LogP contribution in [0.3, 0.4) is 0 Å². The second kappa shape index (κ2) is 14.5. The molecule has 0 aromatic carbocycles. The van der Waals surface area contributed by atoms with Gasteiger partial charge in [0, 0.05) is 13.1 Å². The molecule has 1 fully saturated rings. The Hall–Kier alpha value is -0.0800. The van der Waals surface area contributed by atoms with E-state index < -0.39 is 0 Å². The van der Waals surface area contributed by atoms with Crippen LogP contribution in [0, 0.1) is 5.92 Å². The second-order valence-electron chi connectivity index (χ2n) is 7.16. The molecule has 132 valence electrons. The fourth-order valence-corrected chi connectivity index (χ4v) is 3.52. The molecule has 0 N–H and O–H groups in total. The topological polar surface area (TPSA) is 12.5 Å². The lowest BCUT2D eigenvalue weighted by Gasteiger charge is -2.28. The molecule has 1 heterocycles. The van der Waals surface area contributed by atoms with Crippen molar-refractivity contribution in [3.05, 3.63) is 0 Å². The van der Waals surface area contributed by atoms with Crippen molar-refractivity contribution in [3.63, 3.8) is 0 Å². The van der Waals surface area contributed by atoms with Crippen molar-refractivity contribution < 1.29 is 4.74 Å². The predicted molar refractivity (Wildman–Crippen MR) is 97.5 cm³/mol. The van der Waals surface area contributed by atoms with E-state index in [-0.39, 0.29) is 0 Å². The summed E-state index contributed by atoms with van der Waals surface area (Å²) in [5.74, 6) is 0.973. The Morgan fingerprint density at radius 1 is 0.727 bits per heavy atom. The molecule has 1 aliphatic heterocycles. The summed E-state index contributed by atoms with van der Waals surface area (Å²) in [4.78, 5) is 2.61. The number of morpholine rings is 1. The third-order valence-corrected chi connectivity index (χ3v) is 5.14. The van der Waals surface area contributed by atoms with E-state index in [9.17, 15) is 0 Å². The molecule has 0 spiro atoms. The summed E-state index contributed by atoms with van der Waals surface area (Å²) in [6, 6.07) is 0. The monoisotopic (exact) mass is 311 g/mol. The summed E-state index contributed by atoms with van der Waals surface area (Å²) >= 11 is 0. The standard InChI is InChI=1S/C20H41NO/c1-3-5-7-8-9-11-13-20(12-10-6-4-2)14-15-21-16-18-22-19-17-21/h20H,3-19H2,1-2H3. The maximum Gasteiger partial charge on any atom is 0.0594 e. The van der Waals surface area contributed by atoms with Crippen LogP contribution >= 0.6 is 0 Å². The van der Waals surface area contributed by atoms with Gasteiger partial charge in [0.1, 0.15) is 0 Å². The highest BCUT2D eigenvalue weighted by atomic mass is 16.5. The van der Waals surface area contributed by atoms with Crippen LogP contribution in [0.1, 0.15) is 90.9 Å². The van der Waals surface area contributed by atoms with Crippen molar-refractivity contribution in [3.8, 4) is 0 Å². The van der Waals surface area contributed by atoms with Gasteiger partial charge in [-0.3, -0.25) is 4.90 Å². The lowest BCUT2D eigenvalue weighted by molar-refractivity contribution is 0.0349. The zero-order valence-electron chi connectivity index (χ0n) is 15.5. The maximum atomic E-state index is 5.46. The van der Waals surface area contributed by atoms with Crippen LogP contribution in [0.5, 0.6) is 0 Å². The number of hydrogen-bond acceptors (Lipinski definition) is 2. The Kier molecular flexibility index (Phi) is 13.2. The van der Waals surface area contributed by atoms with E-state index in [0.29, 0.717) is 0 Å². The van der Waals surface area contributed by atoms with Crippen molar-refractivity contribution in [1.29, 1.82) is 0 Å². The minimum Gasteiger partial charge on any atom is -0.379 e. The van der Waals surface area contributed by atoms with Crippen LogP contribution in [-0.2, 0) is 4.74 Å². The van der Waals surface area contributed by atoms with Crippen LogP contribution in [-0.4, -0.2) is 37.7 Å². The second-order valence-corrected chi connectivity index (χ2v) is 7.16. The molecule has 0 radical (unpaired) electrons. The number of unbranched alkanes of at least 4 members (excludes halogenated alkanes) is 7. The van der Waals surface area contributed by atoms with Crippen LogP contribution in [0.15, 0.2) is 0 Å². The number of rotatable bonds is 14. The zero-order chi connectivity index (χ0) is 15.9. The fourth-order valence-electron chi connectivity index (χ4n) is 3.52. The molecule has 2 heteroatoms. The normalized spacial score (nSPS) is 17.7. The summed E-state index contributed by atoms with van der Waals surface area (Å²) in [7, 11) is 0. The molecule has 0 saturated carbocycles. The Bertz CT molecular complexity index is 226. The van der Waals surface area contributed by atoms with E-state index in [4.69, 9.17) is 4.74 Å². The van der Waals surface area contributed by atoms with Crippen molar-refractivity contribution in [2.24, 2.45) is 5.92 Å². The molecule has 0 aliphatic carbocycles. The predicted octanol–water partition coefficient (Wildman–Crippen LogP) is 5.66. The SMILES string of the molecule is CCCCCCCCC(CCCCC)CCN1CCOCC1. The Labute approximate surface area is 140 Å². The van der Waals surface area contributed by atoms with Crippen molar-refractivity contribution >= 4 is 0 Å². The first-order valence-corrected chi connectivity index (χ1v) is 10.2. The molecule has 0 bridgehead atoms. The van der Waals surface area contributed by atoms with Gasteiger partial charge in [0.2, 0.25) is 0 Å². The van der Waals surface area contributed by atoms with E-state index in [1.165, 1.54) is 83.6 Å². The minimum atomic E-state index is 0.942. The Morgan fingerprint density at radius 2 is 1.27 bits per heavy atom. The lowest BCUT2D eigenvalue weighted by Crippen LogP contribution is -2.37. The van der Waals surface area contributed by atoms with Gasteiger partial charge >= 0.3 is 0 Å². The van der Waals surface area contributed by atoms with Gasteiger partial charge < -0.3 is 4.74 Å². The quantitative estimate of drug-likeness (QED) is 0.384. The van der Waals surface area contributed by atoms with Crippen LogP contribution in [0.2, 0.25) is 0 Å². The Morgan fingerprint density at radius 3 is 1.95 bits per heavy atom. The van der Waals surface area contributed by atoms with E-state index >= 15 is 0 Å². The van der Waals surface area contributed by atoms with E-state index in [1.807, 2.05) is 0 Å². The summed E-state index contributed by atoms with van der Waals surface area (Å²) < 4.78 is 5.46. The molecule has 1 atom stereocenters. The summed E-state index contributed by atoms with van der Waals surface area (Å²) in [5.41, 5.74) is 0. The highest BCUT2D eigenvalue weighted by Gasteiger charge is 2.14. The maximum absolute atomic E-state index is 5.46. The first kappa shape index (κ1) is 20.0. The van der Waals surface area contributed by atoms with E-state index in [2.05, 4.69) is 18.7 Å².